The third-order valence-corrected chi connectivity index (χ3v) is 6.29. The van der Waals surface area contributed by atoms with Crippen molar-refractivity contribution in [3.8, 4) is 11.5 Å². The zero-order valence-corrected chi connectivity index (χ0v) is 20.6. The van der Waals surface area contributed by atoms with Gasteiger partial charge in [0.25, 0.3) is 0 Å². The lowest BCUT2D eigenvalue weighted by atomic mass is 9.84. The van der Waals surface area contributed by atoms with E-state index in [1.54, 1.807) is 18.3 Å². The lowest BCUT2D eigenvalue weighted by molar-refractivity contribution is -0.130. The van der Waals surface area contributed by atoms with Gasteiger partial charge in [-0.05, 0) is 36.8 Å². The van der Waals surface area contributed by atoms with Crippen LogP contribution in [0.25, 0.3) is 0 Å². The van der Waals surface area contributed by atoms with Gasteiger partial charge in [-0.1, -0.05) is 59.3 Å². The zero-order valence-electron chi connectivity index (χ0n) is 20.6. The molecule has 2 amide bonds. The molecule has 0 aliphatic heterocycles. The minimum absolute atomic E-state index is 0.0412. The number of ether oxygens (including phenoxy) is 1. The molecule has 0 unspecified atom stereocenters. The van der Waals surface area contributed by atoms with Crippen molar-refractivity contribution in [3.63, 3.8) is 0 Å². The van der Waals surface area contributed by atoms with Crippen LogP contribution in [0, 0.1) is 11.8 Å². The molecule has 1 aliphatic rings. The first-order valence-corrected chi connectivity index (χ1v) is 12.3. The van der Waals surface area contributed by atoms with Gasteiger partial charge in [-0.15, -0.1) is 0 Å². The van der Waals surface area contributed by atoms with Crippen LogP contribution >= 0.6 is 0 Å². The van der Waals surface area contributed by atoms with E-state index in [1.165, 1.54) is 32.4 Å². The summed E-state index contributed by atoms with van der Waals surface area (Å²) >= 11 is 0. The molecular weight excluding hydrogens is 418 g/mol. The van der Waals surface area contributed by atoms with E-state index in [-0.39, 0.29) is 23.5 Å². The molecule has 0 radical (unpaired) electrons. The molecule has 0 bridgehead atoms. The number of aromatic hydroxyl groups is 1. The topological polar surface area (TPSA) is 100 Å². The van der Waals surface area contributed by atoms with Crippen LogP contribution in [0.5, 0.6) is 11.5 Å². The SMILES string of the molecule is CCCCNC(=O)[C@@H](NC(=O)[C@H](CC1CCCCC1)N=Cc1ccc(OC)cc1O)C(C)C. The summed E-state index contributed by atoms with van der Waals surface area (Å²) in [4.78, 5) is 30.6. The number of methoxy groups -OCH3 is 1. The van der Waals surface area contributed by atoms with E-state index in [4.69, 9.17) is 4.74 Å². The van der Waals surface area contributed by atoms with Gasteiger partial charge in [-0.3, -0.25) is 14.6 Å². The fraction of sp³-hybridized carbons (Fsp3) is 0.654. The molecule has 184 valence electrons. The van der Waals surface area contributed by atoms with E-state index in [0.717, 1.165) is 25.7 Å². The highest BCUT2D eigenvalue weighted by Gasteiger charge is 2.29. The average molecular weight is 460 g/mol. The minimum atomic E-state index is -0.612. The summed E-state index contributed by atoms with van der Waals surface area (Å²) in [7, 11) is 1.54. The van der Waals surface area contributed by atoms with Crippen LogP contribution < -0.4 is 15.4 Å². The minimum Gasteiger partial charge on any atom is -0.507 e. The number of unbranched alkanes of at least 4 members (excludes halogenated alkanes) is 1. The maximum absolute atomic E-state index is 13.3. The first kappa shape index (κ1) is 26.7. The Morgan fingerprint density at radius 2 is 1.94 bits per heavy atom. The summed E-state index contributed by atoms with van der Waals surface area (Å²) in [6, 6.07) is 3.76. The second kappa shape index (κ2) is 13.9. The van der Waals surface area contributed by atoms with Gasteiger partial charge in [0.05, 0.1) is 7.11 Å². The molecular formula is C26H41N3O4. The van der Waals surface area contributed by atoms with E-state index >= 15 is 0 Å². The number of phenols is 1. The van der Waals surface area contributed by atoms with Crippen molar-refractivity contribution in [2.45, 2.75) is 84.2 Å². The average Bonchev–Trinajstić information content (AvgIpc) is 2.81. The second-order valence-corrected chi connectivity index (χ2v) is 9.33. The summed E-state index contributed by atoms with van der Waals surface area (Å²) in [6.45, 7) is 6.54. The van der Waals surface area contributed by atoms with Gasteiger partial charge < -0.3 is 20.5 Å². The number of amides is 2. The fourth-order valence-electron chi connectivity index (χ4n) is 4.19. The quantitative estimate of drug-likeness (QED) is 0.322. The molecule has 0 aromatic heterocycles. The molecule has 0 heterocycles. The van der Waals surface area contributed by atoms with Crippen molar-refractivity contribution in [2.75, 3.05) is 13.7 Å². The Bertz CT molecular complexity index is 788. The number of benzene rings is 1. The molecule has 1 aromatic carbocycles. The van der Waals surface area contributed by atoms with E-state index in [0.29, 0.717) is 30.2 Å². The van der Waals surface area contributed by atoms with Crippen molar-refractivity contribution >= 4 is 18.0 Å². The highest BCUT2D eigenvalue weighted by Crippen LogP contribution is 2.29. The highest BCUT2D eigenvalue weighted by molar-refractivity contribution is 5.92. The van der Waals surface area contributed by atoms with E-state index in [1.807, 2.05) is 13.8 Å². The first-order chi connectivity index (χ1) is 15.8. The van der Waals surface area contributed by atoms with Crippen LogP contribution in [0.2, 0.25) is 0 Å². The number of aliphatic imine (C=N–C) groups is 1. The Labute approximate surface area is 198 Å². The molecule has 33 heavy (non-hydrogen) atoms. The van der Waals surface area contributed by atoms with Gasteiger partial charge in [0.1, 0.15) is 23.6 Å². The standard InChI is InChI=1S/C26H41N3O4/c1-5-6-14-27-26(32)24(18(2)3)29-25(31)22(15-19-10-8-7-9-11-19)28-17-20-12-13-21(33-4)16-23(20)30/h12-13,16-19,22,24,30H,5-11,14-15H2,1-4H3,(H,27,32)(H,29,31)/t22-,24-/m0/s1. The van der Waals surface area contributed by atoms with Gasteiger partial charge >= 0.3 is 0 Å². The number of hydrogen-bond donors (Lipinski definition) is 3. The number of hydrogen-bond acceptors (Lipinski definition) is 5. The van der Waals surface area contributed by atoms with Crippen LogP contribution in [0.4, 0.5) is 0 Å². The van der Waals surface area contributed by atoms with Gasteiger partial charge in [0.15, 0.2) is 0 Å². The summed E-state index contributed by atoms with van der Waals surface area (Å²) in [5, 5.41) is 16.1. The monoisotopic (exact) mass is 459 g/mol. The first-order valence-electron chi connectivity index (χ1n) is 12.3. The maximum atomic E-state index is 13.3. The van der Waals surface area contributed by atoms with Gasteiger partial charge in [0.2, 0.25) is 11.8 Å². The molecule has 0 saturated heterocycles. The number of carbonyl (C=O) groups excluding carboxylic acids is 2. The predicted molar refractivity (Wildman–Crippen MR) is 132 cm³/mol. The Kier molecular flexibility index (Phi) is 11.2. The maximum Gasteiger partial charge on any atom is 0.245 e. The number of carbonyl (C=O) groups is 2. The van der Waals surface area contributed by atoms with E-state index < -0.39 is 12.1 Å². The summed E-state index contributed by atoms with van der Waals surface area (Å²) in [6.07, 6.45) is 9.88. The molecule has 1 aromatic rings. The van der Waals surface area contributed by atoms with Crippen LogP contribution in [0.1, 0.15) is 77.7 Å². The molecule has 1 saturated carbocycles. The van der Waals surface area contributed by atoms with Crippen molar-refractivity contribution in [3.05, 3.63) is 23.8 Å². The predicted octanol–water partition coefficient (Wildman–Crippen LogP) is 4.22. The highest BCUT2D eigenvalue weighted by atomic mass is 16.5. The van der Waals surface area contributed by atoms with Crippen LogP contribution in [0.15, 0.2) is 23.2 Å². The zero-order chi connectivity index (χ0) is 24.2. The molecule has 1 aliphatic carbocycles. The van der Waals surface area contributed by atoms with Gasteiger partial charge in [0, 0.05) is 24.4 Å². The van der Waals surface area contributed by atoms with Crippen LogP contribution in [-0.2, 0) is 9.59 Å². The molecule has 0 spiro atoms. The molecule has 2 atom stereocenters. The molecule has 2 rings (SSSR count). The van der Waals surface area contributed by atoms with Gasteiger partial charge in [-0.2, -0.15) is 0 Å². The summed E-state index contributed by atoms with van der Waals surface area (Å²) < 4.78 is 5.13. The van der Waals surface area contributed by atoms with Crippen molar-refractivity contribution in [2.24, 2.45) is 16.8 Å². The molecule has 3 N–H and O–H groups in total. The Morgan fingerprint density at radius 3 is 2.55 bits per heavy atom. The van der Waals surface area contributed by atoms with E-state index in [9.17, 15) is 14.7 Å². The molecule has 1 fully saturated rings. The smallest absolute Gasteiger partial charge is 0.245 e. The number of nitrogens with one attached hydrogen (secondary N) is 2. The fourth-order valence-corrected chi connectivity index (χ4v) is 4.19. The third kappa shape index (κ3) is 8.71. The Morgan fingerprint density at radius 1 is 1.21 bits per heavy atom. The molecule has 7 heteroatoms. The summed E-state index contributed by atoms with van der Waals surface area (Å²) in [5.41, 5.74) is 0.523. The van der Waals surface area contributed by atoms with E-state index in [2.05, 4.69) is 22.5 Å². The van der Waals surface area contributed by atoms with Crippen molar-refractivity contribution in [1.82, 2.24) is 10.6 Å². The molecule has 7 nitrogen and oxygen atoms in total. The third-order valence-electron chi connectivity index (χ3n) is 6.29. The normalized spacial score (nSPS) is 16.5. The lowest BCUT2D eigenvalue weighted by Gasteiger charge is -2.27. The Hall–Kier alpha value is -2.57. The van der Waals surface area contributed by atoms with Crippen LogP contribution in [0.3, 0.4) is 0 Å². The second-order valence-electron chi connectivity index (χ2n) is 9.33. The largest absolute Gasteiger partial charge is 0.507 e. The van der Waals surface area contributed by atoms with Crippen molar-refractivity contribution < 1.29 is 19.4 Å². The Balaban J connectivity index is 2.16. The summed E-state index contributed by atoms with van der Waals surface area (Å²) in [5.74, 6) is 0.599. The number of phenolic OH excluding ortho intramolecular Hbond substituents is 1. The van der Waals surface area contributed by atoms with Crippen molar-refractivity contribution in [1.29, 1.82) is 0 Å². The number of nitrogens with zero attached hydrogens (tertiary/aromatic N) is 1. The van der Waals surface area contributed by atoms with Gasteiger partial charge in [-0.25, -0.2) is 0 Å². The van der Waals surface area contributed by atoms with Crippen LogP contribution in [-0.4, -0.2) is 48.9 Å². The lowest BCUT2D eigenvalue weighted by Crippen LogP contribution is -2.52. The number of rotatable bonds is 12.